The Labute approximate surface area is 230 Å². The van der Waals surface area contributed by atoms with Crippen molar-refractivity contribution in [3.05, 3.63) is 103 Å². The molecule has 0 saturated heterocycles. The third-order valence-electron chi connectivity index (χ3n) is 6.62. The van der Waals surface area contributed by atoms with Gasteiger partial charge in [0.1, 0.15) is 5.75 Å². The van der Waals surface area contributed by atoms with Gasteiger partial charge < -0.3 is 24.6 Å². The van der Waals surface area contributed by atoms with Crippen molar-refractivity contribution >= 4 is 11.8 Å². The molecular weight excluding hydrogens is 492 g/mol. The monoisotopic (exact) mass is 528 g/mol. The van der Waals surface area contributed by atoms with Crippen molar-refractivity contribution in [2.24, 2.45) is 4.99 Å². The second-order valence-electron chi connectivity index (χ2n) is 9.37. The van der Waals surface area contributed by atoms with Gasteiger partial charge in [-0.25, -0.2) is 4.99 Å². The molecule has 204 valence electrons. The van der Waals surface area contributed by atoms with E-state index in [4.69, 9.17) is 24.3 Å². The Bertz CT molecular complexity index is 1240. The van der Waals surface area contributed by atoms with Crippen molar-refractivity contribution in [3.63, 3.8) is 0 Å². The highest BCUT2D eigenvalue weighted by molar-refractivity contribution is 6.01. The minimum atomic E-state index is -1.21. The summed E-state index contributed by atoms with van der Waals surface area (Å²) in [6.07, 6.45) is 2.64. The highest BCUT2D eigenvalue weighted by Gasteiger charge is 2.52. The summed E-state index contributed by atoms with van der Waals surface area (Å²) in [5, 5.41) is 12.0. The molecule has 1 aliphatic heterocycles. The third kappa shape index (κ3) is 6.74. The predicted octanol–water partition coefficient (Wildman–Crippen LogP) is 5.10. The van der Waals surface area contributed by atoms with E-state index in [2.05, 4.69) is 24.0 Å². The van der Waals surface area contributed by atoms with Gasteiger partial charge >= 0.3 is 0 Å². The minimum absolute atomic E-state index is 0.0787. The molecule has 0 fully saturated rings. The first-order valence-electron chi connectivity index (χ1n) is 13.3. The van der Waals surface area contributed by atoms with Gasteiger partial charge in [-0.2, -0.15) is 0 Å². The smallest absolute Gasteiger partial charge is 0.252 e. The summed E-state index contributed by atoms with van der Waals surface area (Å²) >= 11 is 0. The SMILES string of the molecule is C=CC[C@@]1(C(=O)NCCCOC)N=C(c2ccc(OCCCO)cc2)O[C@@H]1c1ccc(-c2ccccc2)cc1. The summed E-state index contributed by atoms with van der Waals surface area (Å²) in [5.41, 5.74) is 2.57. The first kappa shape index (κ1) is 28.1. The zero-order valence-electron chi connectivity index (χ0n) is 22.3. The summed E-state index contributed by atoms with van der Waals surface area (Å²) in [7, 11) is 1.64. The number of aliphatic imine (C=N–C) groups is 1. The van der Waals surface area contributed by atoms with Crippen molar-refractivity contribution in [3.8, 4) is 16.9 Å². The Hall–Kier alpha value is -3.94. The fourth-order valence-corrected chi connectivity index (χ4v) is 4.59. The number of carbonyl (C=O) groups excluding carboxylic acids is 1. The van der Waals surface area contributed by atoms with E-state index in [1.807, 2.05) is 66.7 Å². The molecule has 0 aromatic heterocycles. The maximum Gasteiger partial charge on any atom is 0.252 e. The van der Waals surface area contributed by atoms with Crippen LogP contribution in [0.15, 0.2) is 96.5 Å². The van der Waals surface area contributed by atoms with Crippen LogP contribution in [0.5, 0.6) is 5.75 Å². The zero-order chi connectivity index (χ0) is 27.5. The number of benzene rings is 3. The highest BCUT2D eigenvalue weighted by Crippen LogP contribution is 2.43. The number of ether oxygens (including phenoxy) is 3. The second kappa shape index (κ2) is 13.7. The van der Waals surface area contributed by atoms with Gasteiger partial charge in [-0.3, -0.25) is 4.79 Å². The molecule has 4 rings (SSSR count). The van der Waals surface area contributed by atoms with E-state index < -0.39 is 11.6 Å². The van der Waals surface area contributed by atoms with Crippen LogP contribution in [0, 0.1) is 0 Å². The lowest BCUT2D eigenvalue weighted by Crippen LogP contribution is -2.48. The maximum absolute atomic E-state index is 13.7. The molecule has 1 amide bonds. The molecule has 0 bridgehead atoms. The van der Waals surface area contributed by atoms with Crippen LogP contribution in [0.2, 0.25) is 0 Å². The predicted molar refractivity (Wildman–Crippen MR) is 153 cm³/mol. The summed E-state index contributed by atoms with van der Waals surface area (Å²) in [5.74, 6) is 0.865. The molecule has 3 aromatic rings. The molecule has 7 nitrogen and oxygen atoms in total. The van der Waals surface area contributed by atoms with E-state index in [0.717, 1.165) is 22.3 Å². The van der Waals surface area contributed by atoms with Crippen molar-refractivity contribution in [1.82, 2.24) is 5.32 Å². The summed E-state index contributed by atoms with van der Waals surface area (Å²) in [6.45, 7) is 5.46. The van der Waals surface area contributed by atoms with Crippen LogP contribution < -0.4 is 10.1 Å². The molecule has 7 heteroatoms. The number of methoxy groups -OCH3 is 1. The molecule has 0 unspecified atom stereocenters. The molecule has 2 N–H and O–H groups in total. The molecule has 0 radical (unpaired) electrons. The number of hydrogen-bond donors (Lipinski definition) is 2. The van der Waals surface area contributed by atoms with Crippen LogP contribution in [0.25, 0.3) is 11.1 Å². The minimum Gasteiger partial charge on any atom is -0.494 e. The Morgan fingerprint density at radius 1 is 1.00 bits per heavy atom. The Morgan fingerprint density at radius 3 is 2.36 bits per heavy atom. The molecular formula is C32H36N2O5. The third-order valence-corrected chi connectivity index (χ3v) is 6.62. The maximum atomic E-state index is 13.7. The van der Waals surface area contributed by atoms with Crippen LogP contribution in [-0.2, 0) is 14.3 Å². The summed E-state index contributed by atoms with van der Waals surface area (Å²) in [4.78, 5) is 18.7. The molecule has 0 spiro atoms. The normalized spacial score (nSPS) is 18.2. The first-order chi connectivity index (χ1) is 19.1. The largest absolute Gasteiger partial charge is 0.494 e. The van der Waals surface area contributed by atoms with Crippen LogP contribution in [-0.4, -0.2) is 55.9 Å². The first-order valence-corrected chi connectivity index (χ1v) is 13.3. The van der Waals surface area contributed by atoms with Gasteiger partial charge in [0.25, 0.3) is 5.91 Å². The molecule has 1 heterocycles. The molecule has 3 aromatic carbocycles. The van der Waals surface area contributed by atoms with Gasteiger partial charge in [0.2, 0.25) is 5.90 Å². The van der Waals surface area contributed by atoms with E-state index >= 15 is 0 Å². The van der Waals surface area contributed by atoms with E-state index in [-0.39, 0.29) is 12.5 Å². The van der Waals surface area contributed by atoms with E-state index in [1.165, 1.54) is 0 Å². The van der Waals surface area contributed by atoms with Crippen molar-refractivity contribution in [2.75, 3.05) is 33.5 Å². The Morgan fingerprint density at radius 2 is 1.69 bits per heavy atom. The van der Waals surface area contributed by atoms with Crippen LogP contribution in [0.4, 0.5) is 0 Å². The number of amides is 1. The topological polar surface area (TPSA) is 89.4 Å². The quantitative estimate of drug-likeness (QED) is 0.225. The number of hydrogen-bond acceptors (Lipinski definition) is 6. The molecule has 1 aliphatic rings. The molecule has 0 saturated carbocycles. The number of nitrogens with zero attached hydrogens (tertiary/aromatic N) is 1. The van der Waals surface area contributed by atoms with Crippen molar-refractivity contribution in [1.29, 1.82) is 0 Å². The molecule has 0 aliphatic carbocycles. The van der Waals surface area contributed by atoms with Gasteiger partial charge in [-0.1, -0.05) is 60.7 Å². The average molecular weight is 529 g/mol. The Balaban J connectivity index is 1.65. The number of carbonyl (C=O) groups is 1. The zero-order valence-corrected chi connectivity index (χ0v) is 22.3. The van der Waals surface area contributed by atoms with Crippen LogP contribution >= 0.6 is 0 Å². The molecule has 39 heavy (non-hydrogen) atoms. The van der Waals surface area contributed by atoms with E-state index in [1.54, 1.807) is 13.2 Å². The van der Waals surface area contributed by atoms with Gasteiger partial charge in [-0.15, -0.1) is 6.58 Å². The lowest BCUT2D eigenvalue weighted by Gasteiger charge is -2.29. The number of nitrogens with one attached hydrogen (secondary N) is 1. The number of aliphatic hydroxyl groups is 1. The standard InChI is InChI=1S/C32H36N2O5/c1-3-19-32(31(36)33-20-7-22-37-2)29(26-13-11-25(12-14-26)24-9-5-4-6-10-24)39-30(34-32)27-15-17-28(18-16-27)38-23-8-21-35/h3-6,9-18,29,35H,1,7-8,19-23H2,2H3,(H,33,36)/t29-,32-/m1/s1. The summed E-state index contributed by atoms with van der Waals surface area (Å²) < 4.78 is 17.3. The second-order valence-corrected chi connectivity index (χ2v) is 9.37. The van der Waals surface area contributed by atoms with Gasteiger partial charge in [0, 0.05) is 45.3 Å². The number of rotatable bonds is 14. The average Bonchev–Trinajstić information content (AvgIpc) is 3.37. The van der Waals surface area contributed by atoms with Crippen molar-refractivity contribution < 1.29 is 24.1 Å². The van der Waals surface area contributed by atoms with E-state index in [0.29, 0.717) is 50.7 Å². The Kier molecular flexibility index (Phi) is 9.89. The van der Waals surface area contributed by atoms with Gasteiger partial charge in [0.15, 0.2) is 11.6 Å². The summed E-state index contributed by atoms with van der Waals surface area (Å²) in [6, 6.07) is 25.6. The van der Waals surface area contributed by atoms with Gasteiger partial charge in [0.05, 0.1) is 6.61 Å². The highest BCUT2D eigenvalue weighted by atomic mass is 16.5. The number of aliphatic hydroxyl groups excluding tert-OH is 1. The van der Waals surface area contributed by atoms with Crippen LogP contribution in [0.1, 0.15) is 36.5 Å². The van der Waals surface area contributed by atoms with Crippen LogP contribution in [0.3, 0.4) is 0 Å². The van der Waals surface area contributed by atoms with E-state index in [9.17, 15) is 4.79 Å². The van der Waals surface area contributed by atoms with Gasteiger partial charge in [-0.05, 0) is 47.4 Å². The molecule has 2 atom stereocenters. The fraction of sp³-hybridized carbons (Fsp3) is 0.312. The lowest BCUT2D eigenvalue weighted by atomic mass is 9.84. The lowest BCUT2D eigenvalue weighted by molar-refractivity contribution is -0.128. The van der Waals surface area contributed by atoms with Crippen molar-refractivity contribution in [2.45, 2.75) is 30.9 Å². The fourth-order valence-electron chi connectivity index (χ4n) is 4.59.